The molecule has 0 spiro atoms. The van der Waals surface area contributed by atoms with Crippen molar-refractivity contribution in [1.82, 2.24) is 5.32 Å². The third kappa shape index (κ3) is 1.46. The molecule has 70 valence electrons. The summed E-state index contributed by atoms with van der Waals surface area (Å²) in [4.78, 5) is 11.2. The first kappa shape index (κ1) is 8.35. The maximum absolute atomic E-state index is 11.2. The normalized spacial score (nSPS) is 25.5. The molecule has 13 heavy (non-hydrogen) atoms. The molecular weight excluding hydrogens is 166 g/mol. The molecule has 1 heterocycles. The highest BCUT2D eigenvalue weighted by atomic mass is 16.5. The van der Waals surface area contributed by atoms with Crippen molar-refractivity contribution in [2.24, 2.45) is 0 Å². The van der Waals surface area contributed by atoms with Crippen LogP contribution in [0.4, 0.5) is 0 Å². The lowest BCUT2D eigenvalue weighted by molar-refractivity contribution is -0.142. The molecule has 3 heteroatoms. The quantitative estimate of drug-likeness (QED) is 0.613. The molecule has 0 saturated carbocycles. The van der Waals surface area contributed by atoms with Crippen LogP contribution in [0.5, 0.6) is 0 Å². The van der Waals surface area contributed by atoms with E-state index in [1.807, 2.05) is 0 Å². The van der Waals surface area contributed by atoms with Crippen LogP contribution >= 0.6 is 0 Å². The fourth-order valence-corrected chi connectivity index (χ4v) is 1.84. The molecule has 2 aliphatic rings. The smallest absolute Gasteiger partial charge is 0.328 e. The molecule has 0 aromatic heterocycles. The largest absolute Gasteiger partial charge is 0.467 e. The average molecular weight is 179 g/mol. The number of carbonyl (C=O) groups excluding carboxylic acids is 1. The number of hydrogen-bond donors (Lipinski definition) is 1. The highest BCUT2D eigenvalue weighted by molar-refractivity contribution is 5.77. The number of nitrogens with one attached hydrogen (secondary N) is 1. The number of methoxy groups -OCH3 is 1. The summed E-state index contributed by atoms with van der Waals surface area (Å²) in [5.41, 5.74) is 2.49. The molecule has 0 aromatic carbocycles. The lowest BCUT2D eigenvalue weighted by atomic mass is 10.0. The molecule has 0 saturated heterocycles. The summed E-state index contributed by atoms with van der Waals surface area (Å²) in [7, 11) is 1.43. The minimum atomic E-state index is -0.164. The molecule has 0 bridgehead atoms. The van der Waals surface area contributed by atoms with Crippen molar-refractivity contribution in [2.75, 3.05) is 7.11 Å². The second-order valence-corrected chi connectivity index (χ2v) is 3.38. The highest BCUT2D eigenvalue weighted by Crippen LogP contribution is 2.27. The van der Waals surface area contributed by atoms with Gasteiger partial charge in [0.1, 0.15) is 6.04 Å². The molecule has 3 nitrogen and oxygen atoms in total. The van der Waals surface area contributed by atoms with E-state index in [9.17, 15) is 4.79 Å². The average Bonchev–Trinajstić information content (AvgIpc) is 2.59. The Balaban J connectivity index is 2.06. The van der Waals surface area contributed by atoms with Crippen LogP contribution in [0, 0.1) is 0 Å². The van der Waals surface area contributed by atoms with E-state index in [4.69, 9.17) is 0 Å². The minimum Gasteiger partial charge on any atom is -0.467 e. The van der Waals surface area contributed by atoms with E-state index in [2.05, 4.69) is 22.2 Å². The Bertz CT molecular complexity index is 291. The zero-order chi connectivity index (χ0) is 9.26. The molecule has 1 aliphatic heterocycles. The second-order valence-electron chi connectivity index (χ2n) is 3.38. The van der Waals surface area contributed by atoms with Gasteiger partial charge in [0.15, 0.2) is 0 Å². The monoisotopic (exact) mass is 179 g/mol. The van der Waals surface area contributed by atoms with E-state index < -0.39 is 0 Å². The Morgan fingerprint density at radius 2 is 2.54 bits per heavy atom. The van der Waals surface area contributed by atoms with E-state index in [1.54, 1.807) is 0 Å². The Morgan fingerprint density at radius 1 is 1.69 bits per heavy atom. The van der Waals surface area contributed by atoms with E-state index in [0.717, 1.165) is 25.0 Å². The Labute approximate surface area is 77.5 Å². The summed E-state index contributed by atoms with van der Waals surface area (Å²) in [6, 6.07) is -0.155. The van der Waals surface area contributed by atoms with Crippen LogP contribution in [-0.2, 0) is 9.53 Å². The van der Waals surface area contributed by atoms with E-state index in [0.29, 0.717) is 0 Å². The summed E-state index contributed by atoms with van der Waals surface area (Å²) >= 11 is 0. The van der Waals surface area contributed by atoms with Gasteiger partial charge in [0, 0.05) is 12.1 Å². The van der Waals surface area contributed by atoms with Crippen molar-refractivity contribution in [3.63, 3.8) is 0 Å². The number of carbonyl (C=O) groups is 1. The summed E-state index contributed by atoms with van der Waals surface area (Å²) in [5.74, 6) is -0.164. The van der Waals surface area contributed by atoms with Gasteiger partial charge in [0.05, 0.1) is 7.11 Å². The molecule has 0 amide bonds. The fourth-order valence-electron chi connectivity index (χ4n) is 1.84. The summed E-state index contributed by atoms with van der Waals surface area (Å²) in [5, 5.41) is 3.16. The van der Waals surface area contributed by atoms with E-state index in [-0.39, 0.29) is 12.0 Å². The van der Waals surface area contributed by atoms with Crippen molar-refractivity contribution in [3.8, 4) is 0 Å². The van der Waals surface area contributed by atoms with Crippen LogP contribution in [0.2, 0.25) is 0 Å². The highest BCUT2D eigenvalue weighted by Gasteiger charge is 2.28. The van der Waals surface area contributed by atoms with Crippen molar-refractivity contribution in [3.05, 3.63) is 23.4 Å². The van der Waals surface area contributed by atoms with Gasteiger partial charge in [-0.2, -0.15) is 0 Å². The number of hydrogen-bond acceptors (Lipinski definition) is 3. The molecule has 1 atom stereocenters. The molecular formula is C10H13NO2. The fraction of sp³-hybridized carbons (Fsp3) is 0.500. The van der Waals surface area contributed by atoms with Gasteiger partial charge in [-0.3, -0.25) is 0 Å². The lowest BCUT2D eigenvalue weighted by Gasteiger charge is -2.08. The van der Waals surface area contributed by atoms with Crippen LogP contribution in [0.25, 0.3) is 0 Å². The standard InChI is InChI=1S/C10H13NO2/c1-13-10(12)9-6-7-4-2-3-5-8(7)11-9/h3,5,9,11H,2,4,6H2,1H3. The molecule has 0 fully saturated rings. The van der Waals surface area contributed by atoms with Crippen LogP contribution < -0.4 is 5.32 Å². The van der Waals surface area contributed by atoms with Crippen LogP contribution in [0.15, 0.2) is 23.4 Å². The van der Waals surface area contributed by atoms with Crippen molar-refractivity contribution in [2.45, 2.75) is 25.3 Å². The van der Waals surface area contributed by atoms with Gasteiger partial charge in [-0.15, -0.1) is 0 Å². The summed E-state index contributed by atoms with van der Waals surface area (Å²) in [6.07, 6.45) is 7.17. The minimum absolute atomic E-state index is 0.155. The number of allylic oxidation sites excluding steroid dienone is 2. The number of ether oxygens (including phenoxy) is 1. The third-order valence-electron chi connectivity index (χ3n) is 2.54. The number of rotatable bonds is 1. The molecule has 0 aromatic rings. The molecule has 1 unspecified atom stereocenters. The predicted molar refractivity (Wildman–Crippen MR) is 49.0 cm³/mol. The van der Waals surface area contributed by atoms with Crippen molar-refractivity contribution >= 4 is 5.97 Å². The third-order valence-corrected chi connectivity index (χ3v) is 2.54. The summed E-state index contributed by atoms with van der Waals surface area (Å²) < 4.78 is 4.69. The van der Waals surface area contributed by atoms with Crippen molar-refractivity contribution in [1.29, 1.82) is 0 Å². The maximum Gasteiger partial charge on any atom is 0.328 e. The first-order valence-corrected chi connectivity index (χ1v) is 4.54. The second kappa shape index (κ2) is 3.24. The van der Waals surface area contributed by atoms with Gasteiger partial charge in [0.2, 0.25) is 0 Å². The maximum atomic E-state index is 11.2. The van der Waals surface area contributed by atoms with Crippen LogP contribution in [-0.4, -0.2) is 19.1 Å². The first-order valence-electron chi connectivity index (χ1n) is 4.54. The Kier molecular flexibility index (Phi) is 2.08. The first-order chi connectivity index (χ1) is 6.31. The van der Waals surface area contributed by atoms with Crippen molar-refractivity contribution < 1.29 is 9.53 Å². The molecule has 1 aliphatic carbocycles. The van der Waals surface area contributed by atoms with Gasteiger partial charge in [0.25, 0.3) is 0 Å². The predicted octanol–water partition coefficient (Wildman–Crippen LogP) is 1.13. The van der Waals surface area contributed by atoms with Gasteiger partial charge in [-0.1, -0.05) is 6.08 Å². The van der Waals surface area contributed by atoms with E-state index in [1.165, 1.54) is 12.7 Å². The SMILES string of the molecule is COC(=O)C1CC2=C(C=CCC2)N1. The van der Waals surface area contributed by atoms with Crippen LogP contribution in [0.3, 0.4) is 0 Å². The van der Waals surface area contributed by atoms with Crippen LogP contribution in [0.1, 0.15) is 19.3 Å². The Morgan fingerprint density at radius 3 is 3.23 bits per heavy atom. The van der Waals surface area contributed by atoms with E-state index >= 15 is 0 Å². The topological polar surface area (TPSA) is 38.3 Å². The lowest BCUT2D eigenvalue weighted by Crippen LogP contribution is -2.32. The molecule has 1 N–H and O–H groups in total. The van der Waals surface area contributed by atoms with Gasteiger partial charge >= 0.3 is 5.97 Å². The zero-order valence-corrected chi connectivity index (χ0v) is 7.67. The summed E-state index contributed by atoms with van der Waals surface area (Å²) in [6.45, 7) is 0. The number of esters is 1. The molecule has 0 radical (unpaired) electrons. The molecule has 2 rings (SSSR count). The van der Waals surface area contributed by atoms with Gasteiger partial charge < -0.3 is 10.1 Å². The zero-order valence-electron chi connectivity index (χ0n) is 7.67. The van der Waals surface area contributed by atoms with Gasteiger partial charge in [-0.25, -0.2) is 4.79 Å². The Hall–Kier alpha value is -1.25. The van der Waals surface area contributed by atoms with Gasteiger partial charge in [-0.05, 0) is 24.5 Å².